The van der Waals surface area contributed by atoms with Crippen molar-refractivity contribution in [1.29, 1.82) is 0 Å². The SMILES string of the molecule is Cc1ccc(C(=O)N/C(=C\c2cccc([N+](=O)[O-])c2)C(=O)NCCC(=O)O)cc1. The van der Waals surface area contributed by atoms with Crippen LogP contribution in [0.5, 0.6) is 0 Å². The molecule has 2 rings (SSSR count). The van der Waals surface area contributed by atoms with Crippen LogP contribution in [0.1, 0.15) is 27.9 Å². The third-order valence-corrected chi connectivity index (χ3v) is 3.82. The number of non-ortho nitro benzene ring substituents is 1. The number of aliphatic carboxylic acids is 1. The number of nitrogens with one attached hydrogen (secondary N) is 2. The summed E-state index contributed by atoms with van der Waals surface area (Å²) in [5, 5.41) is 24.5. The van der Waals surface area contributed by atoms with E-state index in [0.717, 1.165) is 5.56 Å². The van der Waals surface area contributed by atoms with Gasteiger partial charge in [-0.3, -0.25) is 24.5 Å². The van der Waals surface area contributed by atoms with E-state index in [9.17, 15) is 24.5 Å². The lowest BCUT2D eigenvalue weighted by atomic mass is 10.1. The Balaban J connectivity index is 2.29. The van der Waals surface area contributed by atoms with E-state index in [1.807, 2.05) is 6.92 Å². The summed E-state index contributed by atoms with van der Waals surface area (Å²) in [6.07, 6.45) is 0.997. The standard InChI is InChI=1S/C20H19N3O6/c1-13-5-7-15(8-6-13)19(26)22-17(20(27)21-10-9-18(24)25)12-14-3-2-4-16(11-14)23(28)29/h2-8,11-12H,9-10H2,1H3,(H,21,27)(H,22,26)(H,24,25)/b17-12-. The van der Waals surface area contributed by atoms with Gasteiger partial charge in [-0.1, -0.05) is 29.8 Å². The number of hydrogen-bond donors (Lipinski definition) is 3. The Morgan fingerprint density at radius 2 is 1.83 bits per heavy atom. The fourth-order valence-corrected chi connectivity index (χ4v) is 2.33. The predicted octanol–water partition coefficient (Wildman–Crippen LogP) is 2.27. The number of benzene rings is 2. The van der Waals surface area contributed by atoms with E-state index in [2.05, 4.69) is 10.6 Å². The quantitative estimate of drug-likeness (QED) is 0.355. The van der Waals surface area contributed by atoms with E-state index in [1.165, 1.54) is 30.3 Å². The molecular weight excluding hydrogens is 378 g/mol. The van der Waals surface area contributed by atoms with Crippen molar-refractivity contribution in [3.8, 4) is 0 Å². The van der Waals surface area contributed by atoms with Crippen LogP contribution in [0.2, 0.25) is 0 Å². The zero-order valence-corrected chi connectivity index (χ0v) is 15.5. The molecule has 0 aromatic heterocycles. The van der Waals surface area contributed by atoms with E-state index >= 15 is 0 Å². The Kier molecular flexibility index (Phi) is 7.19. The van der Waals surface area contributed by atoms with Crippen LogP contribution < -0.4 is 10.6 Å². The summed E-state index contributed by atoms with van der Waals surface area (Å²) in [4.78, 5) is 45.9. The van der Waals surface area contributed by atoms with Gasteiger partial charge in [0, 0.05) is 24.2 Å². The van der Waals surface area contributed by atoms with Gasteiger partial charge in [0.2, 0.25) is 0 Å². The second kappa shape index (κ2) is 9.79. The highest BCUT2D eigenvalue weighted by molar-refractivity contribution is 6.05. The Bertz CT molecular complexity index is 966. The number of amides is 2. The summed E-state index contributed by atoms with van der Waals surface area (Å²) >= 11 is 0. The summed E-state index contributed by atoms with van der Waals surface area (Å²) in [6, 6.07) is 12.2. The molecule has 2 aromatic rings. The van der Waals surface area contributed by atoms with E-state index < -0.39 is 22.7 Å². The van der Waals surface area contributed by atoms with Crippen LogP contribution in [0.3, 0.4) is 0 Å². The molecule has 0 bridgehead atoms. The molecule has 0 atom stereocenters. The monoisotopic (exact) mass is 397 g/mol. The Morgan fingerprint density at radius 1 is 1.14 bits per heavy atom. The lowest BCUT2D eigenvalue weighted by Crippen LogP contribution is -2.35. The second-order valence-electron chi connectivity index (χ2n) is 6.13. The van der Waals surface area contributed by atoms with Gasteiger partial charge < -0.3 is 15.7 Å². The van der Waals surface area contributed by atoms with Crippen molar-refractivity contribution < 1.29 is 24.4 Å². The fraction of sp³-hybridized carbons (Fsp3) is 0.150. The molecule has 0 fully saturated rings. The highest BCUT2D eigenvalue weighted by Gasteiger charge is 2.15. The molecule has 0 saturated carbocycles. The largest absolute Gasteiger partial charge is 0.481 e. The van der Waals surface area contributed by atoms with Crippen LogP contribution in [-0.2, 0) is 9.59 Å². The molecule has 0 spiro atoms. The molecule has 0 aliphatic rings. The number of hydrogen-bond acceptors (Lipinski definition) is 5. The van der Waals surface area contributed by atoms with Crippen molar-refractivity contribution >= 4 is 29.5 Å². The number of rotatable bonds is 8. The maximum Gasteiger partial charge on any atom is 0.305 e. The first kappa shape index (κ1) is 21.3. The highest BCUT2D eigenvalue weighted by atomic mass is 16.6. The molecule has 2 aromatic carbocycles. The summed E-state index contributed by atoms with van der Waals surface area (Å²) in [5.74, 6) is -2.34. The molecule has 0 heterocycles. The maximum atomic E-state index is 12.5. The van der Waals surface area contributed by atoms with Crippen LogP contribution in [0, 0.1) is 17.0 Å². The molecule has 0 aliphatic heterocycles. The number of nitro benzene ring substituents is 1. The van der Waals surface area contributed by atoms with Crippen molar-refractivity contribution in [2.24, 2.45) is 0 Å². The number of carboxylic acid groups (broad SMARTS) is 1. The highest BCUT2D eigenvalue weighted by Crippen LogP contribution is 2.15. The van der Waals surface area contributed by atoms with Crippen molar-refractivity contribution in [1.82, 2.24) is 10.6 Å². The average Bonchev–Trinajstić information content (AvgIpc) is 2.67. The number of nitro groups is 1. The minimum atomic E-state index is -1.08. The molecule has 0 radical (unpaired) electrons. The van der Waals surface area contributed by atoms with Crippen molar-refractivity contribution in [3.63, 3.8) is 0 Å². The lowest BCUT2D eigenvalue weighted by Gasteiger charge is -2.11. The van der Waals surface area contributed by atoms with Crippen molar-refractivity contribution in [2.45, 2.75) is 13.3 Å². The first-order valence-corrected chi connectivity index (χ1v) is 8.60. The Morgan fingerprint density at radius 3 is 2.45 bits per heavy atom. The van der Waals surface area contributed by atoms with Gasteiger partial charge in [0.25, 0.3) is 17.5 Å². The summed E-state index contributed by atoms with van der Waals surface area (Å²) < 4.78 is 0. The van der Waals surface area contributed by atoms with E-state index in [1.54, 1.807) is 24.3 Å². The van der Waals surface area contributed by atoms with Gasteiger partial charge in [0.15, 0.2) is 0 Å². The van der Waals surface area contributed by atoms with Crippen molar-refractivity contribution in [2.75, 3.05) is 6.54 Å². The van der Waals surface area contributed by atoms with Crippen LogP contribution >= 0.6 is 0 Å². The lowest BCUT2D eigenvalue weighted by molar-refractivity contribution is -0.384. The summed E-state index contributed by atoms with van der Waals surface area (Å²) in [5.41, 5.74) is 1.27. The summed E-state index contributed by atoms with van der Waals surface area (Å²) in [7, 11) is 0. The average molecular weight is 397 g/mol. The Labute approximate surface area is 166 Å². The molecular formula is C20H19N3O6. The number of carbonyl (C=O) groups excluding carboxylic acids is 2. The summed E-state index contributed by atoms with van der Waals surface area (Å²) in [6.45, 7) is 1.73. The third-order valence-electron chi connectivity index (χ3n) is 3.82. The normalized spacial score (nSPS) is 10.9. The van der Waals surface area contributed by atoms with Crippen LogP contribution in [0.15, 0.2) is 54.2 Å². The number of carbonyl (C=O) groups is 3. The van der Waals surface area contributed by atoms with E-state index in [4.69, 9.17) is 5.11 Å². The molecule has 29 heavy (non-hydrogen) atoms. The molecule has 3 N–H and O–H groups in total. The van der Waals surface area contributed by atoms with Gasteiger partial charge in [-0.2, -0.15) is 0 Å². The van der Waals surface area contributed by atoms with E-state index in [-0.39, 0.29) is 24.4 Å². The molecule has 0 unspecified atom stereocenters. The van der Waals surface area contributed by atoms with Gasteiger partial charge in [-0.05, 0) is 30.7 Å². The number of aryl methyl sites for hydroxylation is 1. The zero-order valence-electron chi connectivity index (χ0n) is 15.5. The smallest absolute Gasteiger partial charge is 0.305 e. The van der Waals surface area contributed by atoms with Crippen LogP contribution in [0.25, 0.3) is 6.08 Å². The van der Waals surface area contributed by atoms with Gasteiger partial charge in [-0.15, -0.1) is 0 Å². The predicted molar refractivity (Wildman–Crippen MR) is 105 cm³/mol. The minimum absolute atomic E-state index is 0.138. The first-order valence-electron chi connectivity index (χ1n) is 8.60. The van der Waals surface area contributed by atoms with Gasteiger partial charge in [0.05, 0.1) is 11.3 Å². The molecule has 9 nitrogen and oxygen atoms in total. The Hall–Kier alpha value is -4.01. The zero-order chi connectivity index (χ0) is 21.4. The van der Waals surface area contributed by atoms with Crippen LogP contribution in [-0.4, -0.2) is 34.4 Å². The molecule has 0 aliphatic carbocycles. The fourth-order valence-electron chi connectivity index (χ4n) is 2.33. The topological polar surface area (TPSA) is 139 Å². The molecule has 9 heteroatoms. The first-order chi connectivity index (χ1) is 13.8. The van der Waals surface area contributed by atoms with Crippen LogP contribution in [0.4, 0.5) is 5.69 Å². The minimum Gasteiger partial charge on any atom is -0.481 e. The molecule has 0 saturated heterocycles. The molecule has 2 amide bonds. The van der Waals surface area contributed by atoms with Crippen molar-refractivity contribution in [3.05, 3.63) is 81.0 Å². The third kappa shape index (κ3) is 6.58. The van der Waals surface area contributed by atoms with Gasteiger partial charge in [-0.25, -0.2) is 0 Å². The second-order valence-corrected chi connectivity index (χ2v) is 6.13. The van der Waals surface area contributed by atoms with E-state index in [0.29, 0.717) is 11.1 Å². The number of nitrogens with zero attached hydrogens (tertiary/aromatic N) is 1. The molecule has 150 valence electrons. The number of carboxylic acids is 1. The van der Waals surface area contributed by atoms with Gasteiger partial charge >= 0.3 is 5.97 Å². The maximum absolute atomic E-state index is 12.5. The van der Waals surface area contributed by atoms with Gasteiger partial charge in [0.1, 0.15) is 5.70 Å².